The van der Waals surface area contributed by atoms with Crippen molar-refractivity contribution in [1.82, 2.24) is 4.57 Å². The number of hydrogen-bond donors (Lipinski definition) is 1. The van der Waals surface area contributed by atoms with Crippen LogP contribution in [0, 0.1) is 0 Å². The number of hydrogen-bond acceptors (Lipinski definition) is 3. The molecule has 0 spiro atoms. The summed E-state index contributed by atoms with van der Waals surface area (Å²) in [7, 11) is 1.50. The number of benzene rings is 1. The molecule has 0 saturated carbocycles. The zero-order chi connectivity index (χ0) is 14.7. The molecule has 0 unspecified atom stereocenters. The Balaban J connectivity index is 2.46. The number of pyridine rings is 1. The summed E-state index contributed by atoms with van der Waals surface area (Å²) in [5.41, 5.74) is 0.603. The fourth-order valence-corrected chi connectivity index (χ4v) is 2.23. The van der Waals surface area contributed by atoms with Crippen LogP contribution in [0.4, 0.5) is 0 Å². The number of halogens is 1. The Morgan fingerprint density at radius 2 is 2.15 bits per heavy atom. The molecule has 0 saturated heterocycles. The molecule has 0 bridgehead atoms. The quantitative estimate of drug-likeness (QED) is 0.929. The molecule has 104 valence electrons. The number of aromatic carboxylic acids is 1. The zero-order valence-corrected chi connectivity index (χ0v) is 12.3. The Morgan fingerprint density at radius 3 is 2.80 bits per heavy atom. The SMILES string of the molecule is COc1ccc(C(=O)O)cc1Cn1cccc(Br)c1=O. The second-order valence-electron chi connectivity index (χ2n) is 4.12. The van der Waals surface area contributed by atoms with Gasteiger partial charge in [-0.25, -0.2) is 4.79 Å². The number of carboxylic acid groups (broad SMARTS) is 1. The van der Waals surface area contributed by atoms with Crippen LogP contribution in [0.2, 0.25) is 0 Å². The molecule has 0 aliphatic rings. The maximum Gasteiger partial charge on any atom is 0.335 e. The molecule has 2 aromatic rings. The van der Waals surface area contributed by atoms with E-state index in [0.717, 1.165) is 0 Å². The fraction of sp³-hybridized carbons (Fsp3) is 0.143. The highest BCUT2D eigenvalue weighted by molar-refractivity contribution is 9.10. The minimum absolute atomic E-state index is 0.156. The third-order valence-corrected chi connectivity index (χ3v) is 3.45. The first kappa shape index (κ1) is 14.3. The van der Waals surface area contributed by atoms with Gasteiger partial charge in [0.1, 0.15) is 5.75 Å². The van der Waals surface area contributed by atoms with Crippen LogP contribution in [0.1, 0.15) is 15.9 Å². The van der Waals surface area contributed by atoms with Gasteiger partial charge in [-0.3, -0.25) is 4.79 Å². The Labute approximate surface area is 123 Å². The maximum absolute atomic E-state index is 12.0. The lowest BCUT2D eigenvalue weighted by atomic mass is 10.1. The van der Waals surface area contributed by atoms with Gasteiger partial charge < -0.3 is 14.4 Å². The van der Waals surface area contributed by atoms with Gasteiger partial charge in [-0.15, -0.1) is 0 Å². The van der Waals surface area contributed by atoms with Crippen molar-refractivity contribution in [2.24, 2.45) is 0 Å². The molecule has 0 amide bonds. The third kappa shape index (κ3) is 2.91. The minimum atomic E-state index is -1.02. The molecule has 0 aliphatic heterocycles. The van der Waals surface area contributed by atoms with E-state index in [2.05, 4.69) is 15.9 Å². The van der Waals surface area contributed by atoms with Crippen molar-refractivity contribution >= 4 is 21.9 Å². The van der Waals surface area contributed by atoms with Crippen LogP contribution < -0.4 is 10.3 Å². The number of carboxylic acids is 1. The molecule has 0 atom stereocenters. The van der Waals surface area contributed by atoms with Crippen molar-refractivity contribution in [3.8, 4) is 5.75 Å². The van der Waals surface area contributed by atoms with Crippen LogP contribution in [0.15, 0.2) is 45.8 Å². The van der Waals surface area contributed by atoms with E-state index in [1.807, 2.05) is 0 Å². The lowest BCUT2D eigenvalue weighted by Gasteiger charge is -2.11. The maximum atomic E-state index is 12.0. The molecule has 0 fully saturated rings. The van der Waals surface area contributed by atoms with E-state index in [0.29, 0.717) is 15.8 Å². The molecular weight excluding hydrogens is 326 g/mol. The van der Waals surface area contributed by atoms with Gasteiger partial charge in [0.2, 0.25) is 0 Å². The van der Waals surface area contributed by atoms with E-state index >= 15 is 0 Å². The summed E-state index contributed by atoms with van der Waals surface area (Å²) in [5, 5.41) is 9.02. The van der Waals surface area contributed by atoms with E-state index in [1.165, 1.54) is 23.8 Å². The summed E-state index contributed by atoms with van der Waals surface area (Å²) in [4.78, 5) is 23.0. The summed E-state index contributed by atoms with van der Waals surface area (Å²) in [5.74, 6) is -0.475. The predicted molar refractivity (Wildman–Crippen MR) is 77.5 cm³/mol. The molecule has 2 rings (SSSR count). The first-order valence-electron chi connectivity index (χ1n) is 5.78. The van der Waals surface area contributed by atoms with Crippen molar-refractivity contribution < 1.29 is 14.6 Å². The van der Waals surface area contributed by atoms with Crippen molar-refractivity contribution in [2.75, 3.05) is 7.11 Å². The normalized spacial score (nSPS) is 10.3. The summed E-state index contributed by atoms with van der Waals surface area (Å²) in [6, 6.07) is 7.95. The van der Waals surface area contributed by atoms with E-state index in [9.17, 15) is 9.59 Å². The molecule has 0 aliphatic carbocycles. The largest absolute Gasteiger partial charge is 0.496 e. The van der Waals surface area contributed by atoms with E-state index in [1.54, 1.807) is 24.4 Å². The Hall–Kier alpha value is -2.08. The predicted octanol–water partition coefficient (Wildman–Crippen LogP) is 2.37. The second-order valence-corrected chi connectivity index (χ2v) is 4.98. The molecule has 1 aromatic carbocycles. The van der Waals surface area contributed by atoms with Gasteiger partial charge in [-0.2, -0.15) is 0 Å². The monoisotopic (exact) mass is 337 g/mol. The lowest BCUT2D eigenvalue weighted by Crippen LogP contribution is -2.20. The molecule has 5 nitrogen and oxygen atoms in total. The summed E-state index contributed by atoms with van der Waals surface area (Å²) in [6.45, 7) is 0.239. The highest BCUT2D eigenvalue weighted by atomic mass is 79.9. The van der Waals surface area contributed by atoms with Gasteiger partial charge in [0.05, 0.1) is 23.7 Å². The second kappa shape index (κ2) is 5.92. The number of aromatic nitrogens is 1. The topological polar surface area (TPSA) is 68.5 Å². The zero-order valence-electron chi connectivity index (χ0n) is 10.7. The highest BCUT2D eigenvalue weighted by Gasteiger charge is 2.10. The average molecular weight is 338 g/mol. The number of rotatable bonds is 4. The van der Waals surface area contributed by atoms with Crippen molar-refractivity contribution in [1.29, 1.82) is 0 Å². The van der Waals surface area contributed by atoms with Crippen LogP contribution in [-0.4, -0.2) is 22.8 Å². The molecule has 6 heteroatoms. The van der Waals surface area contributed by atoms with Gasteiger partial charge in [0, 0.05) is 11.8 Å². The van der Waals surface area contributed by atoms with Crippen LogP contribution in [0.25, 0.3) is 0 Å². The minimum Gasteiger partial charge on any atom is -0.496 e. The van der Waals surface area contributed by atoms with Gasteiger partial charge in [0.25, 0.3) is 5.56 Å². The Morgan fingerprint density at radius 1 is 1.40 bits per heavy atom. The average Bonchev–Trinajstić information content (AvgIpc) is 2.43. The first-order valence-corrected chi connectivity index (χ1v) is 6.57. The Bertz CT molecular complexity index is 709. The number of methoxy groups -OCH3 is 1. The van der Waals surface area contributed by atoms with Gasteiger partial charge in [0.15, 0.2) is 0 Å². The highest BCUT2D eigenvalue weighted by Crippen LogP contribution is 2.21. The van der Waals surface area contributed by atoms with E-state index in [4.69, 9.17) is 9.84 Å². The van der Waals surface area contributed by atoms with Gasteiger partial charge >= 0.3 is 5.97 Å². The van der Waals surface area contributed by atoms with E-state index < -0.39 is 5.97 Å². The van der Waals surface area contributed by atoms with Gasteiger partial charge in [-0.1, -0.05) is 0 Å². The van der Waals surface area contributed by atoms with Crippen molar-refractivity contribution in [3.05, 3.63) is 62.5 Å². The van der Waals surface area contributed by atoms with E-state index in [-0.39, 0.29) is 17.7 Å². The fourth-order valence-electron chi connectivity index (χ4n) is 1.85. The molecule has 1 N–H and O–H groups in total. The van der Waals surface area contributed by atoms with Crippen LogP contribution in [0.3, 0.4) is 0 Å². The van der Waals surface area contributed by atoms with Crippen molar-refractivity contribution in [3.63, 3.8) is 0 Å². The van der Waals surface area contributed by atoms with Crippen molar-refractivity contribution in [2.45, 2.75) is 6.54 Å². The molecule has 1 aromatic heterocycles. The van der Waals surface area contributed by atoms with Gasteiger partial charge in [-0.05, 0) is 46.3 Å². The molecule has 20 heavy (non-hydrogen) atoms. The lowest BCUT2D eigenvalue weighted by molar-refractivity contribution is 0.0696. The first-order chi connectivity index (χ1) is 9.52. The summed E-state index contributed by atoms with van der Waals surface area (Å²) < 4.78 is 7.13. The smallest absolute Gasteiger partial charge is 0.335 e. The van der Waals surface area contributed by atoms with Crippen LogP contribution in [-0.2, 0) is 6.54 Å². The number of nitrogens with zero attached hydrogens (tertiary/aromatic N) is 1. The summed E-state index contributed by atoms with van der Waals surface area (Å²) in [6.07, 6.45) is 1.64. The third-order valence-electron chi connectivity index (χ3n) is 2.84. The standard InChI is InChI=1S/C14H12BrNO4/c1-20-12-5-4-9(14(18)19)7-10(12)8-16-6-2-3-11(15)13(16)17/h2-7H,8H2,1H3,(H,18,19). The molecule has 0 radical (unpaired) electrons. The molecular formula is C14H12BrNO4. The summed E-state index contributed by atoms with van der Waals surface area (Å²) >= 11 is 3.17. The number of carbonyl (C=O) groups is 1. The Kier molecular flexibility index (Phi) is 4.24. The molecule has 1 heterocycles. The van der Waals surface area contributed by atoms with Crippen LogP contribution in [0.5, 0.6) is 5.75 Å². The van der Waals surface area contributed by atoms with Crippen LogP contribution >= 0.6 is 15.9 Å². The number of ether oxygens (including phenoxy) is 1.